The van der Waals surface area contributed by atoms with E-state index >= 15 is 0 Å². The molecule has 8 heteroatoms. The van der Waals surface area contributed by atoms with E-state index in [0.29, 0.717) is 39.0 Å². The zero-order chi connectivity index (χ0) is 22.8. The first-order valence-electron chi connectivity index (χ1n) is 9.95. The number of aliphatic hydroxyl groups is 2. The SMILES string of the molecule is N#Cc1c(NCCO)nc(SCc2ccccc2)c(C#N)c1-c1ccc(OCCO)cc1. The van der Waals surface area contributed by atoms with Crippen molar-refractivity contribution in [2.75, 3.05) is 31.7 Å². The summed E-state index contributed by atoms with van der Waals surface area (Å²) in [6.07, 6.45) is 0. The van der Waals surface area contributed by atoms with Crippen LogP contribution in [0.2, 0.25) is 0 Å². The topological polar surface area (TPSA) is 122 Å². The number of hydrogen-bond donors (Lipinski definition) is 3. The van der Waals surface area contributed by atoms with Gasteiger partial charge in [0.1, 0.15) is 40.9 Å². The van der Waals surface area contributed by atoms with Crippen LogP contribution >= 0.6 is 11.8 Å². The molecular weight excluding hydrogens is 424 g/mol. The molecule has 3 N–H and O–H groups in total. The molecule has 0 fully saturated rings. The average Bonchev–Trinajstić information content (AvgIpc) is 2.85. The third-order valence-electron chi connectivity index (χ3n) is 4.51. The fourth-order valence-corrected chi connectivity index (χ4v) is 4.02. The molecule has 0 atom stereocenters. The minimum absolute atomic E-state index is 0.0921. The Labute approximate surface area is 190 Å². The van der Waals surface area contributed by atoms with Gasteiger partial charge >= 0.3 is 0 Å². The first kappa shape index (κ1) is 23.1. The molecule has 32 heavy (non-hydrogen) atoms. The molecule has 0 radical (unpaired) electrons. The first-order chi connectivity index (χ1) is 15.7. The normalized spacial score (nSPS) is 10.2. The number of rotatable bonds is 10. The van der Waals surface area contributed by atoms with Gasteiger partial charge in [0, 0.05) is 17.9 Å². The van der Waals surface area contributed by atoms with E-state index in [0.717, 1.165) is 5.56 Å². The molecule has 0 saturated carbocycles. The zero-order valence-corrected chi connectivity index (χ0v) is 18.1. The van der Waals surface area contributed by atoms with Gasteiger partial charge in [0.25, 0.3) is 0 Å². The molecular formula is C24H22N4O3S. The Morgan fingerprint density at radius 3 is 2.28 bits per heavy atom. The number of thioether (sulfide) groups is 1. The number of aliphatic hydroxyl groups excluding tert-OH is 2. The molecule has 3 rings (SSSR count). The van der Waals surface area contributed by atoms with Gasteiger partial charge in [0.15, 0.2) is 0 Å². The van der Waals surface area contributed by atoms with Gasteiger partial charge in [-0.25, -0.2) is 4.98 Å². The highest BCUT2D eigenvalue weighted by Gasteiger charge is 2.22. The number of hydrogen-bond acceptors (Lipinski definition) is 8. The number of nitriles is 2. The number of aromatic nitrogens is 1. The molecule has 1 aromatic heterocycles. The Morgan fingerprint density at radius 1 is 0.938 bits per heavy atom. The number of nitrogens with zero attached hydrogens (tertiary/aromatic N) is 3. The molecule has 0 aliphatic carbocycles. The second-order valence-electron chi connectivity index (χ2n) is 6.64. The third kappa shape index (κ3) is 5.57. The number of benzene rings is 2. The van der Waals surface area contributed by atoms with Crippen molar-refractivity contribution in [1.29, 1.82) is 10.5 Å². The van der Waals surface area contributed by atoms with Gasteiger partial charge in [-0.3, -0.25) is 0 Å². The summed E-state index contributed by atoms with van der Waals surface area (Å²) in [4.78, 5) is 4.55. The Hall–Kier alpha value is -3.56. The van der Waals surface area contributed by atoms with Crippen LogP contribution in [0.1, 0.15) is 16.7 Å². The highest BCUT2D eigenvalue weighted by atomic mass is 32.2. The Bertz CT molecular complexity index is 1120. The van der Waals surface area contributed by atoms with Crippen molar-refractivity contribution in [2.45, 2.75) is 10.8 Å². The van der Waals surface area contributed by atoms with E-state index in [1.807, 2.05) is 30.3 Å². The summed E-state index contributed by atoms with van der Waals surface area (Å²) in [5, 5.41) is 41.5. The van der Waals surface area contributed by atoms with Crippen LogP contribution in [0.15, 0.2) is 59.6 Å². The summed E-state index contributed by atoms with van der Waals surface area (Å²) in [6.45, 7) is 0.192. The summed E-state index contributed by atoms with van der Waals surface area (Å²) in [5.41, 5.74) is 2.80. The average molecular weight is 447 g/mol. The minimum Gasteiger partial charge on any atom is -0.491 e. The van der Waals surface area contributed by atoms with Crippen molar-refractivity contribution >= 4 is 17.6 Å². The predicted octanol–water partition coefficient (Wildman–Crippen LogP) is 3.56. The lowest BCUT2D eigenvalue weighted by Crippen LogP contribution is -2.11. The smallest absolute Gasteiger partial charge is 0.146 e. The van der Waals surface area contributed by atoms with Crippen LogP contribution in [0.25, 0.3) is 11.1 Å². The molecule has 0 amide bonds. The largest absolute Gasteiger partial charge is 0.491 e. The first-order valence-corrected chi connectivity index (χ1v) is 10.9. The quantitative estimate of drug-likeness (QED) is 0.404. The summed E-state index contributed by atoms with van der Waals surface area (Å²) >= 11 is 1.42. The van der Waals surface area contributed by atoms with Crippen LogP contribution < -0.4 is 10.1 Å². The molecule has 0 unspecified atom stereocenters. The molecule has 0 aliphatic rings. The lowest BCUT2D eigenvalue weighted by molar-refractivity contribution is 0.201. The van der Waals surface area contributed by atoms with Crippen LogP contribution in [-0.2, 0) is 5.75 Å². The Kier molecular flexibility index (Phi) is 8.47. The van der Waals surface area contributed by atoms with Crippen molar-refractivity contribution in [3.63, 3.8) is 0 Å². The van der Waals surface area contributed by atoms with Crippen molar-refractivity contribution in [1.82, 2.24) is 4.98 Å². The van der Waals surface area contributed by atoms with E-state index < -0.39 is 0 Å². The van der Waals surface area contributed by atoms with E-state index in [9.17, 15) is 15.6 Å². The van der Waals surface area contributed by atoms with E-state index in [1.165, 1.54) is 11.8 Å². The van der Waals surface area contributed by atoms with Gasteiger partial charge in [0.05, 0.1) is 18.8 Å². The summed E-state index contributed by atoms with van der Waals surface area (Å²) < 4.78 is 5.41. The van der Waals surface area contributed by atoms with E-state index in [4.69, 9.17) is 9.84 Å². The molecule has 0 saturated heterocycles. The molecule has 3 aromatic rings. The lowest BCUT2D eigenvalue weighted by Gasteiger charge is -2.16. The Morgan fingerprint density at radius 2 is 1.66 bits per heavy atom. The maximum atomic E-state index is 9.99. The number of nitrogens with one attached hydrogen (secondary N) is 1. The van der Waals surface area contributed by atoms with Crippen molar-refractivity contribution in [3.8, 4) is 29.0 Å². The van der Waals surface area contributed by atoms with Gasteiger partial charge < -0.3 is 20.3 Å². The van der Waals surface area contributed by atoms with Gasteiger partial charge in [-0.05, 0) is 23.3 Å². The standard InChI is InChI=1S/C24H22N4O3S/c25-14-20-22(18-6-8-19(9-7-18)31-13-12-30)21(15-26)24(28-23(20)27-10-11-29)32-16-17-4-2-1-3-5-17/h1-9,29-30H,10-13,16H2,(H,27,28). The third-order valence-corrected chi connectivity index (χ3v) is 5.56. The van der Waals surface area contributed by atoms with Crippen molar-refractivity contribution in [2.24, 2.45) is 0 Å². The van der Waals surface area contributed by atoms with Gasteiger partial charge in [-0.1, -0.05) is 42.5 Å². The number of anilines is 1. The second kappa shape index (κ2) is 11.7. The molecule has 0 aliphatic heterocycles. The van der Waals surface area contributed by atoms with Crippen LogP contribution in [0.3, 0.4) is 0 Å². The highest BCUT2D eigenvalue weighted by Crippen LogP contribution is 2.38. The van der Waals surface area contributed by atoms with Crippen LogP contribution in [0, 0.1) is 22.7 Å². The van der Waals surface area contributed by atoms with Crippen LogP contribution in [0.5, 0.6) is 5.75 Å². The molecule has 7 nitrogen and oxygen atoms in total. The van der Waals surface area contributed by atoms with Gasteiger partial charge in [0.2, 0.25) is 0 Å². The van der Waals surface area contributed by atoms with E-state index in [1.54, 1.807) is 24.3 Å². The molecule has 0 bridgehead atoms. The molecule has 1 heterocycles. The van der Waals surface area contributed by atoms with Crippen molar-refractivity contribution in [3.05, 3.63) is 71.3 Å². The number of ether oxygens (including phenoxy) is 1. The Balaban J connectivity index is 2.08. The van der Waals surface area contributed by atoms with Gasteiger partial charge in [-0.15, -0.1) is 11.8 Å². The summed E-state index contributed by atoms with van der Waals surface area (Å²) in [5.74, 6) is 1.51. The van der Waals surface area contributed by atoms with Gasteiger partial charge in [-0.2, -0.15) is 10.5 Å². The minimum atomic E-state index is -0.120. The van der Waals surface area contributed by atoms with E-state index in [2.05, 4.69) is 22.4 Å². The monoisotopic (exact) mass is 446 g/mol. The number of pyridine rings is 1. The second-order valence-corrected chi connectivity index (χ2v) is 7.60. The maximum Gasteiger partial charge on any atom is 0.146 e. The lowest BCUT2D eigenvalue weighted by atomic mass is 9.96. The summed E-state index contributed by atoms with van der Waals surface area (Å²) in [6, 6.07) is 21.2. The maximum absolute atomic E-state index is 9.99. The fourth-order valence-electron chi connectivity index (χ4n) is 3.08. The highest BCUT2D eigenvalue weighted by molar-refractivity contribution is 7.98. The van der Waals surface area contributed by atoms with E-state index in [-0.39, 0.29) is 31.9 Å². The predicted molar refractivity (Wildman–Crippen MR) is 123 cm³/mol. The van der Waals surface area contributed by atoms with Crippen LogP contribution in [-0.4, -0.2) is 41.6 Å². The molecule has 162 valence electrons. The molecule has 0 spiro atoms. The summed E-state index contributed by atoms with van der Waals surface area (Å²) in [7, 11) is 0. The molecule has 2 aromatic carbocycles. The van der Waals surface area contributed by atoms with Crippen molar-refractivity contribution < 1.29 is 14.9 Å². The van der Waals surface area contributed by atoms with Crippen LogP contribution in [0.4, 0.5) is 5.82 Å². The fraction of sp³-hybridized carbons (Fsp3) is 0.208. The zero-order valence-electron chi connectivity index (χ0n) is 17.3.